The number of allylic oxidation sites excluding steroid dienone is 4. The van der Waals surface area contributed by atoms with Gasteiger partial charge in [0.05, 0.1) is 6.61 Å². The molecule has 0 aliphatic heterocycles. The second-order valence-corrected chi connectivity index (χ2v) is 11.2. The number of hydrogen-bond donors (Lipinski definition) is 1. The summed E-state index contributed by atoms with van der Waals surface area (Å²) < 4.78 is 10.5. The van der Waals surface area contributed by atoms with Gasteiger partial charge < -0.3 is 14.6 Å². The number of ether oxygens (including phenoxy) is 2. The highest BCUT2D eigenvalue weighted by Gasteiger charge is 2.16. The van der Waals surface area contributed by atoms with Crippen LogP contribution in [-0.4, -0.2) is 36.4 Å². The molecule has 234 valence electrons. The van der Waals surface area contributed by atoms with Crippen LogP contribution in [-0.2, 0) is 19.1 Å². The average molecular weight is 565 g/mol. The molecule has 0 radical (unpaired) electrons. The molecular weight excluding hydrogens is 500 g/mol. The van der Waals surface area contributed by atoms with E-state index in [2.05, 4.69) is 38.2 Å². The van der Waals surface area contributed by atoms with Crippen LogP contribution in [0.3, 0.4) is 0 Å². The maximum Gasteiger partial charge on any atom is 0.306 e. The standard InChI is InChI=1S/C35H64O5/c1-3-5-7-9-11-13-15-16-17-18-20-22-24-26-28-30-35(38)40-33(31-36)32-39-34(37)29-27-25-23-21-19-14-12-10-8-6-4-2/h10,12-13,15,33,36H,3-9,11,14,16-32H2,1-2H3/t33-/m0/s1. The molecule has 0 aliphatic carbocycles. The van der Waals surface area contributed by atoms with Crippen LogP contribution in [0.15, 0.2) is 24.3 Å². The van der Waals surface area contributed by atoms with Crippen LogP contribution in [0.25, 0.3) is 0 Å². The number of rotatable bonds is 30. The Morgan fingerprint density at radius 2 is 0.950 bits per heavy atom. The lowest BCUT2D eigenvalue weighted by atomic mass is 10.1. The Labute approximate surface area is 247 Å². The van der Waals surface area contributed by atoms with E-state index in [0.717, 1.165) is 44.9 Å². The third-order valence-corrected chi connectivity index (χ3v) is 7.22. The first-order valence-electron chi connectivity index (χ1n) is 16.9. The van der Waals surface area contributed by atoms with Gasteiger partial charge in [-0.3, -0.25) is 9.59 Å². The van der Waals surface area contributed by atoms with Crippen LogP contribution in [0.4, 0.5) is 0 Å². The summed E-state index contributed by atoms with van der Waals surface area (Å²) in [6.45, 7) is 4.06. The molecule has 0 unspecified atom stereocenters. The molecule has 0 aliphatic rings. The first-order chi connectivity index (χ1) is 19.6. The second kappa shape index (κ2) is 31.9. The number of unbranched alkanes of at least 4 members (excludes halogenated alkanes) is 18. The van der Waals surface area contributed by atoms with E-state index >= 15 is 0 Å². The lowest BCUT2D eigenvalue weighted by Gasteiger charge is -2.15. The number of esters is 2. The Kier molecular flexibility index (Phi) is 30.6. The topological polar surface area (TPSA) is 72.8 Å². The second-order valence-electron chi connectivity index (χ2n) is 11.2. The number of hydrogen-bond acceptors (Lipinski definition) is 5. The van der Waals surface area contributed by atoms with Gasteiger partial charge in [0.15, 0.2) is 6.10 Å². The van der Waals surface area contributed by atoms with Crippen molar-refractivity contribution in [2.24, 2.45) is 0 Å². The molecule has 40 heavy (non-hydrogen) atoms. The summed E-state index contributed by atoms with van der Waals surface area (Å²) in [5.41, 5.74) is 0. The summed E-state index contributed by atoms with van der Waals surface area (Å²) in [6, 6.07) is 0. The van der Waals surface area contributed by atoms with Crippen molar-refractivity contribution in [2.75, 3.05) is 13.2 Å². The number of carbonyl (C=O) groups excluding carboxylic acids is 2. The Morgan fingerprint density at radius 1 is 0.550 bits per heavy atom. The molecule has 0 aromatic carbocycles. The van der Waals surface area contributed by atoms with Gasteiger partial charge in [-0.15, -0.1) is 0 Å². The zero-order valence-electron chi connectivity index (χ0n) is 26.4. The highest BCUT2D eigenvalue weighted by Crippen LogP contribution is 2.12. The molecule has 0 saturated heterocycles. The normalized spacial score (nSPS) is 12.4. The van der Waals surface area contributed by atoms with Gasteiger partial charge in [-0.1, -0.05) is 122 Å². The van der Waals surface area contributed by atoms with Crippen LogP contribution in [0.2, 0.25) is 0 Å². The molecule has 0 bridgehead atoms. The molecule has 0 spiro atoms. The molecule has 5 nitrogen and oxygen atoms in total. The van der Waals surface area contributed by atoms with Crippen LogP contribution in [0, 0.1) is 0 Å². The molecule has 1 N–H and O–H groups in total. The Morgan fingerprint density at radius 3 is 1.43 bits per heavy atom. The number of aliphatic hydroxyl groups excluding tert-OH is 1. The molecule has 0 amide bonds. The predicted molar refractivity (Wildman–Crippen MR) is 168 cm³/mol. The van der Waals surface area contributed by atoms with Gasteiger partial charge >= 0.3 is 11.9 Å². The molecule has 1 atom stereocenters. The zero-order valence-corrected chi connectivity index (χ0v) is 26.4. The average Bonchev–Trinajstić information content (AvgIpc) is 2.96. The molecule has 0 heterocycles. The zero-order chi connectivity index (χ0) is 29.4. The van der Waals surface area contributed by atoms with Crippen molar-refractivity contribution in [3.63, 3.8) is 0 Å². The van der Waals surface area contributed by atoms with E-state index in [0.29, 0.717) is 12.8 Å². The number of carbonyl (C=O) groups is 2. The summed E-state index contributed by atoms with van der Waals surface area (Å²) in [4.78, 5) is 24.1. The molecule has 0 fully saturated rings. The van der Waals surface area contributed by atoms with Crippen molar-refractivity contribution in [2.45, 2.75) is 174 Å². The van der Waals surface area contributed by atoms with Crippen molar-refractivity contribution in [3.05, 3.63) is 24.3 Å². The first-order valence-corrected chi connectivity index (χ1v) is 16.9. The molecule has 5 heteroatoms. The van der Waals surface area contributed by atoms with Crippen LogP contribution in [0.1, 0.15) is 168 Å². The van der Waals surface area contributed by atoms with Crippen molar-refractivity contribution in [1.82, 2.24) is 0 Å². The third-order valence-electron chi connectivity index (χ3n) is 7.22. The molecular formula is C35H64O5. The van der Waals surface area contributed by atoms with Crippen LogP contribution in [0.5, 0.6) is 0 Å². The van der Waals surface area contributed by atoms with Gasteiger partial charge in [-0.2, -0.15) is 0 Å². The maximum absolute atomic E-state index is 12.1. The minimum atomic E-state index is -0.771. The van der Waals surface area contributed by atoms with Crippen LogP contribution < -0.4 is 0 Å². The lowest BCUT2D eigenvalue weighted by Crippen LogP contribution is -2.28. The Hall–Kier alpha value is -1.62. The van der Waals surface area contributed by atoms with E-state index in [1.54, 1.807) is 0 Å². The minimum absolute atomic E-state index is 0.0700. The van der Waals surface area contributed by atoms with E-state index in [9.17, 15) is 14.7 Å². The van der Waals surface area contributed by atoms with E-state index in [4.69, 9.17) is 9.47 Å². The molecule has 0 aromatic rings. The fourth-order valence-electron chi connectivity index (χ4n) is 4.59. The summed E-state index contributed by atoms with van der Waals surface area (Å²) >= 11 is 0. The maximum atomic E-state index is 12.1. The highest BCUT2D eigenvalue weighted by atomic mass is 16.6. The fourth-order valence-corrected chi connectivity index (χ4v) is 4.59. The molecule has 0 rings (SSSR count). The Bertz CT molecular complexity index is 613. The third kappa shape index (κ3) is 29.4. The van der Waals surface area contributed by atoms with Crippen molar-refractivity contribution >= 4 is 11.9 Å². The minimum Gasteiger partial charge on any atom is -0.462 e. The van der Waals surface area contributed by atoms with E-state index in [-0.39, 0.29) is 25.2 Å². The van der Waals surface area contributed by atoms with E-state index in [1.807, 2.05) is 0 Å². The van der Waals surface area contributed by atoms with Gasteiger partial charge in [-0.05, 0) is 57.8 Å². The quantitative estimate of drug-likeness (QED) is 0.0534. The monoisotopic (exact) mass is 564 g/mol. The number of aliphatic hydroxyl groups is 1. The summed E-state index contributed by atoms with van der Waals surface area (Å²) in [6.07, 6.45) is 35.1. The van der Waals surface area contributed by atoms with Gasteiger partial charge in [0.2, 0.25) is 0 Å². The Balaban J connectivity index is 3.59. The van der Waals surface area contributed by atoms with Crippen LogP contribution >= 0.6 is 0 Å². The van der Waals surface area contributed by atoms with Gasteiger partial charge in [0, 0.05) is 12.8 Å². The summed E-state index contributed by atoms with van der Waals surface area (Å²) in [5.74, 6) is -0.608. The van der Waals surface area contributed by atoms with E-state index < -0.39 is 6.10 Å². The van der Waals surface area contributed by atoms with Gasteiger partial charge in [0.25, 0.3) is 0 Å². The lowest BCUT2D eigenvalue weighted by molar-refractivity contribution is -0.161. The largest absolute Gasteiger partial charge is 0.462 e. The summed E-state index contributed by atoms with van der Waals surface area (Å²) in [5, 5.41) is 9.49. The smallest absolute Gasteiger partial charge is 0.306 e. The molecule has 0 saturated carbocycles. The summed E-state index contributed by atoms with van der Waals surface area (Å²) in [7, 11) is 0. The SMILES string of the molecule is CCCCC=CCCCCCCCC(=O)OC[C@H](CO)OC(=O)CCCCCCCCCC=CCCCCCC. The van der Waals surface area contributed by atoms with Gasteiger partial charge in [-0.25, -0.2) is 0 Å². The predicted octanol–water partition coefficient (Wildman–Crippen LogP) is 9.95. The van der Waals surface area contributed by atoms with Crippen molar-refractivity contribution in [3.8, 4) is 0 Å². The van der Waals surface area contributed by atoms with Crippen molar-refractivity contribution < 1.29 is 24.2 Å². The highest BCUT2D eigenvalue weighted by molar-refractivity contribution is 5.70. The van der Waals surface area contributed by atoms with Crippen molar-refractivity contribution in [1.29, 1.82) is 0 Å². The molecule has 0 aromatic heterocycles. The van der Waals surface area contributed by atoms with E-state index in [1.165, 1.54) is 96.3 Å². The first kappa shape index (κ1) is 38.4. The van der Waals surface area contributed by atoms with Gasteiger partial charge in [0.1, 0.15) is 6.61 Å². The fraction of sp³-hybridized carbons (Fsp3) is 0.829.